The van der Waals surface area contributed by atoms with E-state index in [1.54, 1.807) is 62.4 Å². The highest BCUT2D eigenvalue weighted by Crippen LogP contribution is 2.72. The molecule has 0 radical (unpaired) electrons. The maximum absolute atomic E-state index is 13.5. The van der Waals surface area contributed by atoms with Crippen LogP contribution in [-0.4, -0.2) is 153 Å². The molecule has 21 heteroatoms. The molecule has 1 aromatic carbocycles. The fourth-order valence-corrected chi connectivity index (χ4v) is 12.0. The third-order valence-electron chi connectivity index (χ3n) is 17.3. The molecule has 5 N–H and O–H groups in total. The van der Waals surface area contributed by atoms with Crippen LogP contribution in [0.25, 0.3) is 0 Å². The monoisotopic (exact) mass is 1270 g/mol. The summed E-state index contributed by atoms with van der Waals surface area (Å²) in [7, 11) is 0. The van der Waals surface area contributed by atoms with Crippen molar-refractivity contribution in [3.05, 3.63) is 83.5 Å². The molecule has 2 aliphatic carbocycles. The van der Waals surface area contributed by atoms with Gasteiger partial charge in [0.15, 0.2) is 0 Å². The van der Waals surface area contributed by atoms with E-state index in [4.69, 9.17) is 28.4 Å². The summed E-state index contributed by atoms with van der Waals surface area (Å²) in [6, 6.07) is 7.77. The minimum atomic E-state index is -1.12. The predicted molar refractivity (Wildman–Crippen MR) is 353 cm³/mol. The first kappa shape index (κ1) is 75.9. The maximum atomic E-state index is 13.5. The number of ether oxygens (including phenoxy) is 6. The van der Waals surface area contributed by atoms with Crippen molar-refractivity contribution in [1.29, 1.82) is 0 Å². The zero-order valence-corrected chi connectivity index (χ0v) is 55.6. The van der Waals surface area contributed by atoms with Gasteiger partial charge in [0.25, 0.3) is 0 Å². The molecule has 3 saturated heterocycles. The molecule has 4 fully saturated rings. The molecular formula is C69H116N6O15. The highest BCUT2D eigenvalue weighted by Gasteiger charge is 2.83. The molecule has 1 aromatic rings. The number of allylic oxidation sites excluding steroid dienone is 3. The molecule has 2 bridgehead atoms. The van der Waals surface area contributed by atoms with E-state index in [9.17, 15) is 43.2 Å². The Morgan fingerprint density at radius 3 is 2.07 bits per heavy atom. The summed E-state index contributed by atoms with van der Waals surface area (Å²) in [4.78, 5) is 116. The van der Waals surface area contributed by atoms with Crippen LogP contribution < -0.4 is 26.6 Å². The summed E-state index contributed by atoms with van der Waals surface area (Å²) in [5, 5.41) is 12.7. The van der Waals surface area contributed by atoms with Gasteiger partial charge in [-0.3, -0.25) is 38.5 Å². The molecule has 6 aliphatic rings. The summed E-state index contributed by atoms with van der Waals surface area (Å²) in [6.45, 7) is 21.6. The van der Waals surface area contributed by atoms with Crippen LogP contribution in [0.3, 0.4) is 0 Å². The lowest BCUT2D eigenvalue weighted by molar-refractivity contribution is -0.232. The number of esters is 2. The van der Waals surface area contributed by atoms with Gasteiger partial charge in [0.1, 0.15) is 37.2 Å². The number of carbonyl (C=O) groups is 9. The lowest BCUT2D eigenvalue weighted by Crippen LogP contribution is -2.66. The van der Waals surface area contributed by atoms with Crippen molar-refractivity contribution in [2.45, 2.75) is 227 Å². The van der Waals surface area contributed by atoms with Gasteiger partial charge in [0.05, 0.1) is 56.6 Å². The van der Waals surface area contributed by atoms with Crippen molar-refractivity contribution in [2.24, 2.45) is 16.7 Å². The molecule has 7 amide bonds. The highest BCUT2D eigenvalue weighted by molar-refractivity contribution is 6.03. The van der Waals surface area contributed by atoms with Crippen molar-refractivity contribution in [3.63, 3.8) is 0 Å². The number of nitrogens with one attached hydrogen (secondary N) is 5. The summed E-state index contributed by atoms with van der Waals surface area (Å²) in [5.74, 6) is -4.65. The smallest absolute Gasteiger partial charge is 0.331 e. The Hall–Kier alpha value is -6.55. The van der Waals surface area contributed by atoms with Gasteiger partial charge in [0, 0.05) is 62.8 Å². The highest BCUT2D eigenvalue weighted by atomic mass is 16.6. The van der Waals surface area contributed by atoms with Crippen molar-refractivity contribution in [2.75, 3.05) is 52.7 Å². The molecule has 2 spiro atoms. The van der Waals surface area contributed by atoms with Crippen LogP contribution in [0.15, 0.2) is 77.9 Å². The van der Waals surface area contributed by atoms with Crippen LogP contribution in [0.5, 0.6) is 0 Å². The number of epoxide rings is 1. The second kappa shape index (κ2) is 39.0. The van der Waals surface area contributed by atoms with Crippen molar-refractivity contribution < 1.29 is 78.7 Å². The Morgan fingerprint density at radius 2 is 1.41 bits per heavy atom. The van der Waals surface area contributed by atoms with Crippen LogP contribution in [0.4, 0.5) is 0 Å². The molecule has 4 heterocycles. The van der Waals surface area contributed by atoms with Gasteiger partial charge in [-0.2, -0.15) is 0 Å². The molecule has 512 valence electrons. The molecule has 4 aliphatic heterocycles. The van der Waals surface area contributed by atoms with Crippen molar-refractivity contribution in [1.82, 2.24) is 31.5 Å². The van der Waals surface area contributed by atoms with Crippen LogP contribution in [-0.2, 0) is 78.0 Å². The molecule has 21 nitrogen and oxygen atoms in total. The molecule has 0 aromatic heterocycles. The van der Waals surface area contributed by atoms with Crippen LogP contribution in [0, 0.1) is 16.7 Å². The number of nitrogens with zero attached hydrogens (tertiary/aromatic N) is 1. The molecular weight excluding hydrogens is 1150 g/mol. The first-order valence-electron chi connectivity index (χ1n) is 33.0. The van der Waals surface area contributed by atoms with Gasteiger partial charge in [0.2, 0.25) is 41.4 Å². The Morgan fingerprint density at radius 1 is 0.767 bits per heavy atom. The van der Waals surface area contributed by atoms with Gasteiger partial charge >= 0.3 is 11.9 Å². The summed E-state index contributed by atoms with van der Waals surface area (Å²) >= 11 is 0. The number of hydrogen-bond donors (Lipinski definition) is 5. The Balaban J connectivity index is 0. The summed E-state index contributed by atoms with van der Waals surface area (Å²) in [6.07, 6.45) is 21.4. The van der Waals surface area contributed by atoms with E-state index >= 15 is 0 Å². The normalized spacial score (nSPS) is 27.1. The van der Waals surface area contributed by atoms with Crippen LogP contribution in [0.2, 0.25) is 0 Å². The second-order valence-corrected chi connectivity index (χ2v) is 24.3. The minimum Gasteiger partial charge on any atom is -0.462 e. The maximum Gasteiger partial charge on any atom is 0.331 e. The largest absolute Gasteiger partial charge is 0.462 e. The van der Waals surface area contributed by atoms with Crippen molar-refractivity contribution in [3.8, 4) is 0 Å². The fraction of sp³-hybridized carbons (Fsp3) is 0.667. The van der Waals surface area contributed by atoms with E-state index in [0.29, 0.717) is 51.7 Å². The number of benzene rings is 1. The van der Waals surface area contributed by atoms with Gasteiger partial charge in [-0.15, -0.1) is 0 Å². The number of imide groups is 1. The number of likely N-dealkylation sites (tertiary alicyclic amines) is 1. The molecule has 7 rings (SSSR count). The number of carbonyl (C=O) groups excluding carboxylic acids is 9. The number of cyclic esters (lactones) is 1. The summed E-state index contributed by atoms with van der Waals surface area (Å²) < 4.78 is 37.3. The quantitative estimate of drug-likeness (QED) is 0.0152. The lowest BCUT2D eigenvalue weighted by Gasteiger charge is -2.58. The number of amides is 7. The third-order valence-corrected chi connectivity index (χ3v) is 17.3. The van der Waals surface area contributed by atoms with E-state index in [1.807, 2.05) is 20.8 Å². The summed E-state index contributed by atoms with van der Waals surface area (Å²) in [5.41, 5.74) is 0.590. The Bertz CT molecular complexity index is 2660. The third kappa shape index (κ3) is 22.4. The Labute approximate surface area is 542 Å². The fourth-order valence-electron chi connectivity index (χ4n) is 12.0. The zero-order chi connectivity index (χ0) is 66.3. The standard InChI is InChI=1S/C56H74N6O15.C8H18.C3H8.C2H6.5H2/c1-35-19-21-55-32-73-51(69)25-36(2)20-23-72-41(16-11-12-18-50(68)77-42-28-44(76-43(55)24-35)56(33-75-56)54(42,55)5)38(4)74-34-60-47(65)30-59-52(70)40(27-39-14-8-6-9-15-39)61-48(66)31-58-46(64)29-57-45(63)17-10-7-13-22-62-49(67)26-37(3)53(62)71;1-3-5-7-8-6-4-2;1-3-2;1-2;;;;;/h6,8-9,11-12,14-16,18,24-25,37-38,40-44H,7,10,13,17,19-23,26-34H2,1-5H3,(H,57,63)(H,58,64)(H,59,70)(H,60,65)(H,61,66);3-8H2,1-2H3;3H2,1-2H3;1-2H3;5*1H/b16-11+,18-12-,36-25+;;;;;;;;. The zero-order valence-electron chi connectivity index (χ0n) is 55.6. The minimum absolute atomic E-state index is 0. The van der Waals surface area contributed by atoms with E-state index in [0.717, 1.165) is 17.6 Å². The van der Waals surface area contributed by atoms with Crippen LogP contribution >= 0.6 is 0 Å². The van der Waals surface area contributed by atoms with Gasteiger partial charge in [-0.1, -0.05) is 173 Å². The van der Waals surface area contributed by atoms with E-state index in [1.165, 1.54) is 67.6 Å². The Kier molecular flexibility index (Phi) is 32.9. The van der Waals surface area contributed by atoms with Gasteiger partial charge in [-0.25, -0.2) is 9.59 Å². The SMILES string of the molecule is CC.CC1=CC2OC3CC4OC(=O)/C=C\C=C\C(C(C)OCNC(=O)CNC(=O)C(Cc5ccccc5)NC(=O)CNC(=O)CNC(=O)CCCCCN5C(=O)CC(C)C5=O)OCC/C(C)=C/C(=O)OCC2(CC1)C4(C)C31CO1.CCC.CCCCCCCC.[HH].[HH].[HH].[HH].[HH]. The van der Waals surface area contributed by atoms with E-state index < -0.39 is 89.4 Å². The second-order valence-electron chi connectivity index (χ2n) is 24.3. The first-order chi connectivity index (χ1) is 43.2. The average Bonchev–Trinajstić information content (AvgIpc) is 1.49. The van der Waals surface area contributed by atoms with E-state index in [-0.39, 0.29) is 88.7 Å². The number of rotatable bonds is 25. The van der Waals surface area contributed by atoms with Crippen LogP contribution in [0.1, 0.15) is 192 Å². The van der Waals surface area contributed by atoms with Gasteiger partial charge in [-0.05, 0) is 58.4 Å². The average molecular weight is 1270 g/mol. The lowest BCUT2D eigenvalue weighted by atomic mass is 9.51. The topological polar surface area (TPSA) is 276 Å². The van der Waals surface area contributed by atoms with E-state index in [2.05, 4.69) is 74.2 Å². The van der Waals surface area contributed by atoms with Gasteiger partial charge < -0.3 is 55.0 Å². The molecule has 1 saturated carbocycles. The first-order valence-corrected chi connectivity index (χ1v) is 33.0. The molecule has 10 unspecified atom stereocenters. The number of hydrogen-bond acceptors (Lipinski definition) is 15. The number of unbranched alkanes of at least 4 members (excludes halogenated alkanes) is 7. The van der Waals surface area contributed by atoms with Crippen molar-refractivity contribution >= 4 is 53.3 Å². The molecule has 10 atom stereocenters. The predicted octanol–water partition coefficient (Wildman–Crippen LogP) is 9.51. The molecule has 90 heavy (non-hydrogen) atoms.